The highest BCUT2D eigenvalue weighted by molar-refractivity contribution is 9.10. The molecule has 1 N–H and O–H groups in total. The van der Waals surface area contributed by atoms with Gasteiger partial charge in [-0.05, 0) is 13.3 Å². The minimum absolute atomic E-state index is 0.140. The number of ketones is 1. The second-order valence-electron chi connectivity index (χ2n) is 2.37. The lowest BCUT2D eigenvalue weighted by Crippen LogP contribution is -2.28. The minimum atomic E-state index is -0.926. The van der Waals surface area contributed by atoms with Crippen molar-refractivity contribution in [2.45, 2.75) is 25.1 Å². The Morgan fingerprint density at radius 3 is 2.09 bits per heavy atom. The van der Waals surface area contributed by atoms with E-state index in [1.54, 1.807) is 6.92 Å². The fraction of sp³-hybridized carbons (Fsp3) is 0.714. The number of rotatable bonds is 4. The molecule has 0 heterocycles. The van der Waals surface area contributed by atoms with Crippen LogP contribution in [0.1, 0.15) is 20.3 Å². The Morgan fingerprint density at radius 2 is 2.00 bits per heavy atom. The predicted octanol–water partition coefficient (Wildman–Crippen LogP) is 1.45. The highest BCUT2D eigenvalue weighted by Crippen LogP contribution is 2.17. The van der Waals surface area contributed by atoms with Crippen molar-refractivity contribution in [1.82, 2.24) is 0 Å². The highest BCUT2D eigenvalue weighted by Gasteiger charge is 2.27. The molecule has 0 bridgehead atoms. The van der Waals surface area contributed by atoms with E-state index in [4.69, 9.17) is 5.11 Å². The first-order valence-electron chi connectivity index (χ1n) is 3.38. The molecule has 0 aliphatic rings. The van der Waals surface area contributed by atoms with Crippen LogP contribution in [0.5, 0.6) is 0 Å². The molecule has 0 fully saturated rings. The maximum Gasteiger partial charge on any atom is 0.308 e. The predicted molar refractivity (Wildman–Crippen MR) is 44.8 cm³/mol. The first kappa shape index (κ1) is 10.6. The van der Waals surface area contributed by atoms with Crippen molar-refractivity contribution in [2.75, 3.05) is 0 Å². The van der Waals surface area contributed by atoms with Gasteiger partial charge in [0.1, 0.15) is 5.78 Å². The van der Waals surface area contributed by atoms with Crippen LogP contribution in [0.3, 0.4) is 0 Å². The molecule has 11 heavy (non-hydrogen) atoms. The van der Waals surface area contributed by atoms with Gasteiger partial charge in [0, 0.05) is 0 Å². The SMILES string of the molecule is CCC(C(=O)O)C(Br)C(C)=O. The van der Waals surface area contributed by atoms with Crippen molar-refractivity contribution in [1.29, 1.82) is 0 Å². The molecule has 0 spiro atoms. The smallest absolute Gasteiger partial charge is 0.308 e. The van der Waals surface area contributed by atoms with Gasteiger partial charge < -0.3 is 5.11 Å². The van der Waals surface area contributed by atoms with Crippen LogP contribution in [0.25, 0.3) is 0 Å². The normalized spacial score (nSPS) is 15.5. The van der Waals surface area contributed by atoms with E-state index in [2.05, 4.69) is 15.9 Å². The molecule has 0 saturated heterocycles. The van der Waals surface area contributed by atoms with Crippen molar-refractivity contribution in [2.24, 2.45) is 5.92 Å². The van der Waals surface area contributed by atoms with E-state index in [1.807, 2.05) is 0 Å². The quantitative estimate of drug-likeness (QED) is 0.734. The number of Topliss-reactive ketones (excluding diaryl/α,β-unsaturated/α-hetero) is 1. The van der Waals surface area contributed by atoms with Crippen molar-refractivity contribution < 1.29 is 14.7 Å². The van der Waals surface area contributed by atoms with Crippen molar-refractivity contribution >= 4 is 27.7 Å². The van der Waals surface area contributed by atoms with E-state index in [9.17, 15) is 9.59 Å². The molecule has 0 aliphatic heterocycles. The van der Waals surface area contributed by atoms with E-state index in [0.29, 0.717) is 6.42 Å². The number of carboxylic acid groups (broad SMARTS) is 1. The highest BCUT2D eigenvalue weighted by atomic mass is 79.9. The third kappa shape index (κ3) is 3.01. The lowest BCUT2D eigenvalue weighted by molar-refractivity contribution is -0.143. The van der Waals surface area contributed by atoms with Crippen LogP contribution in [-0.4, -0.2) is 21.7 Å². The Morgan fingerprint density at radius 1 is 1.55 bits per heavy atom. The summed E-state index contributed by atoms with van der Waals surface area (Å²) < 4.78 is 0. The van der Waals surface area contributed by atoms with Crippen LogP contribution >= 0.6 is 15.9 Å². The van der Waals surface area contributed by atoms with Crippen LogP contribution < -0.4 is 0 Å². The second kappa shape index (κ2) is 4.49. The van der Waals surface area contributed by atoms with E-state index < -0.39 is 16.7 Å². The molecular weight excluding hydrogens is 212 g/mol. The number of carboxylic acids is 1. The van der Waals surface area contributed by atoms with Gasteiger partial charge in [-0.2, -0.15) is 0 Å². The fourth-order valence-electron chi connectivity index (χ4n) is 0.790. The van der Waals surface area contributed by atoms with Crippen LogP contribution in [0.15, 0.2) is 0 Å². The van der Waals surface area contributed by atoms with Crippen LogP contribution in [0.2, 0.25) is 0 Å². The Kier molecular flexibility index (Phi) is 4.33. The van der Waals surface area contributed by atoms with Gasteiger partial charge in [0.05, 0.1) is 10.7 Å². The van der Waals surface area contributed by atoms with Crippen molar-refractivity contribution in [3.63, 3.8) is 0 Å². The molecule has 0 aromatic heterocycles. The summed E-state index contributed by atoms with van der Waals surface area (Å²) in [6.45, 7) is 3.13. The van der Waals surface area contributed by atoms with Gasteiger partial charge in [0.25, 0.3) is 0 Å². The Bertz CT molecular complexity index is 167. The third-order valence-corrected chi connectivity index (χ3v) is 2.78. The molecule has 0 aliphatic carbocycles. The molecular formula is C7H11BrO3. The second-order valence-corrected chi connectivity index (χ2v) is 3.35. The number of hydrogen-bond acceptors (Lipinski definition) is 2. The lowest BCUT2D eigenvalue weighted by atomic mass is 10.0. The standard InChI is InChI=1S/C7H11BrO3/c1-3-5(7(10)11)6(8)4(2)9/h5-6H,3H2,1-2H3,(H,10,11). The molecule has 2 atom stereocenters. The zero-order chi connectivity index (χ0) is 9.02. The van der Waals surface area contributed by atoms with Gasteiger partial charge in [-0.15, -0.1) is 0 Å². The maximum atomic E-state index is 10.7. The van der Waals surface area contributed by atoms with Crippen molar-refractivity contribution in [3.8, 4) is 0 Å². The topological polar surface area (TPSA) is 54.4 Å². The molecule has 3 nitrogen and oxygen atoms in total. The zero-order valence-electron chi connectivity index (χ0n) is 6.50. The van der Waals surface area contributed by atoms with E-state index in [-0.39, 0.29) is 5.78 Å². The van der Waals surface area contributed by atoms with Gasteiger partial charge in [0.15, 0.2) is 0 Å². The molecule has 4 heteroatoms. The Balaban J connectivity index is 4.25. The average molecular weight is 223 g/mol. The summed E-state index contributed by atoms with van der Waals surface area (Å²) in [5.74, 6) is -1.67. The largest absolute Gasteiger partial charge is 0.481 e. The van der Waals surface area contributed by atoms with Gasteiger partial charge >= 0.3 is 5.97 Å². The monoisotopic (exact) mass is 222 g/mol. The minimum Gasteiger partial charge on any atom is -0.481 e. The molecule has 64 valence electrons. The van der Waals surface area contributed by atoms with Crippen LogP contribution in [0, 0.1) is 5.92 Å². The lowest BCUT2D eigenvalue weighted by Gasteiger charge is -2.13. The van der Waals surface area contributed by atoms with E-state index in [1.165, 1.54) is 6.92 Å². The summed E-state index contributed by atoms with van der Waals surface area (Å²) in [5, 5.41) is 8.61. The number of halogens is 1. The maximum absolute atomic E-state index is 10.7. The molecule has 2 unspecified atom stereocenters. The van der Waals surface area contributed by atoms with Crippen LogP contribution in [-0.2, 0) is 9.59 Å². The van der Waals surface area contributed by atoms with E-state index in [0.717, 1.165) is 0 Å². The summed E-state index contributed by atoms with van der Waals surface area (Å²) in [6.07, 6.45) is 0.463. The molecule has 0 aromatic carbocycles. The van der Waals surface area contributed by atoms with Gasteiger partial charge in [-0.25, -0.2) is 0 Å². The summed E-state index contributed by atoms with van der Waals surface area (Å²) in [5.41, 5.74) is 0. The molecule has 0 saturated carbocycles. The fourth-order valence-corrected chi connectivity index (χ4v) is 1.39. The van der Waals surface area contributed by atoms with E-state index >= 15 is 0 Å². The Labute approximate surface area is 73.9 Å². The summed E-state index contributed by atoms with van der Waals surface area (Å²) in [6, 6.07) is 0. The first-order valence-corrected chi connectivity index (χ1v) is 4.29. The summed E-state index contributed by atoms with van der Waals surface area (Å²) in [4.78, 5) is 20.7. The molecule has 0 aromatic rings. The van der Waals surface area contributed by atoms with Gasteiger partial charge in [-0.1, -0.05) is 22.9 Å². The number of alkyl halides is 1. The number of carbonyl (C=O) groups is 2. The Hall–Kier alpha value is -0.380. The van der Waals surface area contributed by atoms with Crippen LogP contribution in [0.4, 0.5) is 0 Å². The molecule has 0 rings (SSSR count). The summed E-state index contributed by atoms with van der Waals surface area (Å²) >= 11 is 3.04. The van der Waals surface area contributed by atoms with Gasteiger partial charge in [0.2, 0.25) is 0 Å². The van der Waals surface area contributed by atoms with Gasteiger partial charge in [-0.3, -0.25) is 9.59 Å². The zero-order valence-corrected chi connectivity index (χ0v) is 8.09. The summed E-state index contributed by atoms with van der Waals surface area (Å²) in [7, 11) is 0. The third-order valence-electron chi connectivity index (χ3n) is 1.50. The first-order chi connectivity index (χ1) is 5.00. The van der Waals surface area contributed by atoms with Crippen molar-refractivity contribution in [3.05, 3.63) is 0 Å². The number of aliphatic carboxylic acids is 1. The average Bonchev–Trinajstić information content (AvgIpc) is 1.88. The number of hydrogen-bond donors (Lipinski definition) is 1. The number of carbonyl (C=O) groups excluding carboxylic acids is 1. The molecule has 0 amide bonds. The molecule has 0 radical (unpaired) electrons.